The molecule has 2 aliphatic rings. The van der Waals surface area contributed by atoms with Crippen molar-refractivity contribution in [2.45, 2.75) is 24.9 Å². The number of carboxylic acid groups (broad SMARTS) is 1. The maximum atomic E-state index is 13.0. The lowest BCUT2D eigenvalue weighted by molar-refractivity contribution is -0.159. The Morgan fingerprint density at radius 3 is 2.54 bits per heavy atom. The van der Waals surface area contributed by atoms with Crippen LogP contribution in [0.3, 0.4) is 0 Å². The number of hydrogen-bond acceptors (Lipinski definition) is 4. The zero-order chi connectivity index (χ0) is 17.1. The van der Waals surface area contributed by atoms with Crippen LogP contribution in [0, 0.1) is 5.92 Å². The molecular weight excluding hydrogens is 312 g/mol. The summed E-state index contributed by atoms with van der Waals surface area (Å²) in [7, 11) is 0. The van der Waals surface area contributed by atoms with Crippen LogP contribution in [0.4, 0.5) is 0 Å². The van der Waals surface area contributed by atoms with Gasteiger partial charge in [0.25, 0.3) is 5.91 Å². The van der Waals surface area contributed by atoms with Gasteiger partial charge in [0.2, 0.25) is 5.91 Å². The second kappa shape index (κ2) is 7.00. The van der Waals surface area contributed by atoms with Crippen LogP contribution in [-0.4, -0.2) is 53.6 Å². The van der Waals surface area contributed by atoms with Crippen molar-refractivity contribution in [2.75, 3.05) is 19.8 Å². The van der Waals surface area contributed by atoms with E-state index >= 15 is 0 Å². The number of nitrogens with one attached hydrogen (secondary N) is 1. The molecule has 1 aliphatic heterocycles. The molecule has 0 spiro atoms. The number of amides is 2. The first kappa shape index (κ1) is 16.4. The van der Waals surface area contributed by atoms with Gasteiger partial charge in [-0.25, -0.2) is 4.79 Å². The molecule has 2 N–H and O–H groups in total. The molecule has 7 nitrogen and oxygen atoms in total. The topological polar surface area (TPSA) is 95.9 Å². The number of rotatable bonds is 5. The van der Waals surface area contributed by atoms with Crippen molar-refractivity contribution < 1.29 is 24.2 Å². The Kier molecular flexibility index (Phi) is 4.80. The summed E-state index contributed by atoms with van der Waals surface area (Å²) in [5.41, 5.74) is 0.645. The molecule has 2 amide bonds. The summed E-state index contributed by atoms with van der Waals surface area (Å²) in [4.78, 5) is 37.8. The van der Waals surface area contributed by atoms with Gasteiger partial charge >= 0.3 is 5.97 Å². The van der Waals surface area contributed by atoms with Crippen molar-refractivity contribution in [1.29, 1.82) is 0 Å². The summed E-state index contributed by atoms with van der Waals surface area (Å²) < 4.78 is 5.18. The summed E-state index contributed by atoms with van der Waals surface area (Å²) in [6, 6.07) is 7.00. The van der Waals surface area contributed by atoms with E-state index in [-0.39, 0.29) is 31.6 Å². The molecule has 7 heteroatoms. The second-order valence-electron chi connectivity index (χ2n) is 6.09. The number of benzene rings is 1. The smallest absolute Gasteiger partial charge is 0.328 e. The number of carbonyl (C=O) groups excluding carboxylic acids is 2. The van der Waals surface area contributed by atoms with Gasteiger partial charge in [-0.1, -0.05) is 30.3 Å². The van der Waals surface area contributed by atoms with E-state index in [0.717, 1.165) is 12.8 Å². The molecule has 1 aromatic carbocycles. The molecule has 3 rings (SSSR count). The number of aliphatic carboxylic acids is 1. The average Bonchev–Trinajstić information content (AvgIpc) is 3.45. The minimum atomic E-state index is -1.11. The lowest BCUT2D eigenvalue weighted by atomic mass is 10.0. The van der Waals surface area contributed by atoms with E-state index < -0.39 is 24.0 Å². The monoisotopic (exact) mass is 332 g/mol. The minimum absolute atomic E-state index is 0.0380. The minimum Gasteiger partial charge on any atom is -0.480 e. The number of hydrogen-bond donors (Lipinski definition) is 2. The van der Waals surface area contributed by atoms with Crippen LogP contribution in [0.2, 0.25) is 0 Å². The van der Waals surface area contributed by atoms with Gasteiger partial charge in [-0.3, -0.25) is 9.59 Å². The maximum absolute atomic E-state index is 13.0. The quantitative estimate of drug-likeness (QED) is 0.822. The fourth-order valence-electron chi connectivity index (χ4n) is 2.78. The number of ether oxygens (including phenoxy) is 1. The molecule has 2 fully saturated rings. The molecule has 2 unspecified atom stereocenters. The zero-order valence-corrected chi connectivity index (χ0v) is 13.2. The largest absolute Gasteiger partial charge is 0.480 e. The molecule has 1 saturated carbocycles. The number of carbonyl (C=O) groups is 3. The highest BCUT2D eigenvalue weighted by Crippen LogP contribution is 2.30. The third-order valence-electron chi connectivity index (χ3n) is 4.31. The van der Waals surface area contributed by atoms with E-state index in [0.29, 0.717) is 5.56 Å². The predicted octanol–water partition coefficient (Wildman–Crippen LogP) is 0.566. The van der Waals surface area contributed by atoms with Crippen molar-refractivity contribution in [2.24, 2.45) is 5.92 Å². The van der Waals surface area contributed by atoms with Gasteiger partial charge in [-0.05, 0) is 18.4 Å². The molecule has 24 heavy (non-hydrogen) atoms. The highest BCUT2D eigenvalue weighted by Gasteiger charge is 2.39. The van der Waals surface area contributed by atoms with E-state index in [1.807, 2.05) is 6.07 Å². The Labute approximate surface area is 139 Å². The van der Waals surface area contributed by atoms with Crippen LogP contribution in [-0.2, 0) is 19.1 Å². The van der Waals surface area contributed by atoms with E-state index in [1.54, 1.807) is 24.3 Å². The molecule has 1 aromatic rings. The lowest BCUT2D eigenvalue weighted by Crippen LogP contribution is -2.55. The Morgan fingerprint density at radius 1 is 1.21 bits per heavy atom. The van der Waals surface area contributed by atoms with Gasteiger partial charge in [0.1, 0.15) is 6.04 Å². The van der Waals surface area contributed by atoms with Crippen LogP contribution >= 0.6 is 0 Å². The first-order chi connectivity index (χ1) is 11.6. The Bertz CT molecular complexity index is 629. The normalized spacial score (nSPS) is 21.8. The zero-order valence-electron chi connectivity index (χ0n) is 13.2. The van der Waals surface area contributed by atoms with E-state index in [1.165, 1.54) is 4.90 Å². The average molecular weight is 332 g/mol. The summed E-state index contributed by atoms with van der Waals surface area (Å²) in [5, 5.41) is 12.1. The van der Waals surface area contributed by atoms with Crippen molar-refractivity contribution in [3.05, 3.63) is 35.9 Å². The molecule has 1 saturated heterocycles. The Balaban J connectivity index is 1.84. The Morgan fingerprint density at radius 2 is 1.92 bits per heavy atom. The van der Waals surface area contributed by atoms with E-state index in [4.69, 9.17) is 4.74 Å². The third kappa shape index (κ3) is 3.56. The van der Waals surface area contributed by atoms with Gasteiger partial charge < -0.3 is 20.1 Å². The van der Waals surface area contributed by atoms with Crippen molar-refractivity contribution >= 4 is 17.8 Å². The molecule has 2 atom stereocenters. The molecular formula is C17H20N2O5. The molecule has 0 radical (unpaired) electrons. The van der Waals surface area contributed by atoms with Crippen LogP contribution in [0.15, 0.2) is 30.3 Å². The summed E-state index contributed by atoms with van der Waals surface area (Å²) in [6.07, 6.45) is 1.66. The molecule has 1 heterocycles. The van der Waals surface area contributed by atoms with Gasteiger partial charge in [0.05, 0.1) is 13.2 Å². The lowest BCUT2D eigenvalue weighted by Gasteiger charge is -2.35. The summed E-state index contributed by atoms with van der Waals surface area (Å²) in [6.45, 7) is 0.436. The fourth-order valence-corrected chi connectivity index (χ4v) is 2.78. The van der Waals surface area contributed by atoms with Gasteiger partial charge in [-0.2, -0.15) is 0 Å². The molecule has 0 bridgehead atoms. The molecule has 1 aliphatic carbocycles. The maximum Gasteiger partial charge on any atom is 0.328 e. The highest BCUT2D eigenvalue weighted by molar-refractivity contribution is 5.92. The van der Waals surface area contributed by atoms with E-state index in [2.05, 4.69) is 5.32 Å². The number of morpholine rings is 1. The SMILES string of the molecule is O=C(NC(C(=O)N1CCOCC1C(=O)O)c1ccccc1)C1CC1. The first-order valence-electron chi connectivity index (χ1n) is 8.04. The highest BCUT2D eigenvalue weighted by atomic mass is 16.5. The van der Waals surface area contributed by atoms with Gasteiger partial charge in [-0.15, -0.1) is 0 Å². The van der Waals surface area contributed by atoms with Crippen molar-refractivity contribution in [1.82, 2.24) is 10.2 Å². The second-order valence-corrected chi connectivity index (χ2v) is 6.09. The predicted molar refractivity (Wildman–Crippen MR) is 84.0 cm³/mol. The third-order valence-corrected chi connectivity index (χ3v) is 4.31. The van der Waals surface area contributed by atoms with Crippen molar-refractivity contribution in [3.63, 3.8) is 0 Å². The van der Waals surface area contributed by atoms with Crippen LogP contribution in [0.25, 0.3) is 0 Å². The van der Waals surface area contributed by atoms with Crippen LogP contribution in [0.5, 0.6) is 0 Å². The number of carboxylic acids is 1. The molecule has 128 valence electrons. The summed E-state index contributed by atoms with van der Waals surface area (Å²) in [5.74, 6) is -1.71. The fraction of sp³-hybridized carbons (Fsp3) is 0.471. The van der Waals surface area contributed by atoms with Crippen molar-refractivity contribution in [3.8, 4) is 0 Å². The summed E-state index contributed by atoms with van der Waals surface area (Å²) >= 11 is 0. The van der Waals surface area contributed by atoms with Crippen LogP contribution in [0.1, 0.15) is 24.4 Å². The van der Waals surface area contributed by atoms with Gasteiger partial charge in [0, 0.05) is 12.5 Å². The Hall–Kier alpha value is -2.41. The molecule has 0 aromatic heterocycles. The number of nitrogens with zero attached hydrogens (tertiary/aromatic N) is 1. The van der Waals surface area contributed by atoms with Crippen LogP contribution < -0.4 is 5.32 Å². The first-order valence-corrected chi connectivity index (χ1v) is 8.04. The van der Waals surface area contributed by atoms with Gasteiger partial charge in [0.15, 0.2) is 6.04 Å². The standard InChI is InChI=1S/C17H20N2O5/c20-15(12-6-7-12)18-14(11-4-2-1-3-5-11)16(21)19-8-9-24-10-13(19)17(22)23/h1-5,12-14H,6-10H2,(H,18,20)(H,22,23). The van der Waals surface area contributed by atoms with E-state index in [9.17, 15) is 19.5 Å².